The van der Waals surface area contributed by atoms with Gasteiger partial charge in [-0.15, -0.1) is 0 Å². The Morgan fingerprint density at radius 2 is 2.13 bits per heavy atom. The largest absolute Gasteiger partial charge is 0.454 e. The van der Waals surface area contributed by atoms with Crippen LogP contribution in [0.25, 0.3) is 0 Å². The smallest absolute Gasteiger partial charge is 0.231 e. The van der Waals surface area contributed by atoms with Crippen LogP contribution in [-0.2, 0) is 0 Å². The highest BCUT2D eigenvalue weighted by atomic mass is 16.7. The maximum atomic E-state index is 5.47. The van der Waals surface area contributed by atoms with Crippen molar-refractivity contribution in [2.45, 2.75) is 25.4 Å². The van der Waals surface area contributed by atoms with Gasteiger partial charge in [-0.25, -0.2) is 4.98 Å². The molecule has 0 saturated carbocycles. The molecule has 1 fully saturated rings. The molecule has 0 bridgehead atoms. The van der Waals surface area contributed by atoms with E-state index in [1.54, 1.807) is 0 Å². The summed E-state index contributed by atoms with van der Waals surface area (Å²) in [6, 6.07) is 13.0. The quantitative estimate of drug-likeness (QED) is 0.941. The minimum atomic E-state index is 0.276. The highest BCUT2D eigenvalue weighted by molar-refractivity contribution is 5.45. The molecule has 5 heteroatoms. The van der Waals surface area contributed by atoms with Crippen LogP contribution >= 0.6 is 0 Å². The van der Waals surface area contributed by atoms with E-state index in [-0.39, 0.29) is 6.04 Å². The number of ether oxygens (including phenoxy) is 2. The Morgan fingerprint density at radius 3 is 3.00 bits per heavy atom. The summed E-state index contributed by atoms with van der Waals surface area (Å²) in [6.07, 6.45) is 2.98. The molecule has 2 unspecified atom stereocenters. The van der Waals surface area contributed by atoms with E-state index in [9.17, 15) is 0 Å². The minimum absolute atomic E-state index is 0.276. The number of hydrogen-bond donors (Lipinski definition) is 1. The Labute approximate surface area is 136 Å². The second-order valence-electron chi connectivity index (χ2n) is 6.12. The molecule has 2 aliphatic heterocycles. The molecule has 1 aromatic heterocycles. The monoisotopic (exact) mass is 311 g/mol. The van der Waals surface area contributed by atoms with E-state index < -0.39 is 0 Å². The normalized spacial score (nSPS) is 20.7. The van der Waals surface area contributed by atoms with Crippen molar-refractivity contribution >= 4 is 5.82 Å². The van der Waals surface area contributed by atoms with Crippen LogP contribution in [0.3, 0.4) is 0 Å². The van der Waals surface area contributed by atoms with Gasteiger partial charge in [0.25, 0.3) is 0 Å². The zero-order chi connectivity index (χ0) is 15.6. The lowest BCUT2D eigenvalue weighted by atomic mass is 10.1. The highest BCUT2D eigenvalue weighted by Crippen LogP contribution is 2.34. The van der Waals surface area contributed by atoms with E-state index >= 15 is 0 Å². The van der Waals surface area contributed by atoms with Gasteiger partial charge < -0.3 is 19.7 Å². The number of anilines is 1. The molecule has 120 valence electrons. The molecule has 1 N–H and O–H groups in total. The molecule has 5 nitrogen and oxygen atoms in total. The Kier molecular flexibility index (Phi) is 3.79. The summed E-state index contributed by atoms with van der Waals surface area (Å²) < 4.78 is 10.8. The number of nitrogens with one attached hydrogen (secondary N) is 1. The Hall–Kier alpha value is -2.27. The zero-order valence-corrected chi connectivity index (χ0v) is 13.2. The summed E-state index contributed by atoms with van der Waals surface area (Å²) in [5, 5.41) is 3.72. The maximum absolute atomic E-state index is 5.47. The predicted octanol–water partition coefficient (Wildman–Crippen LogP) is 2.74. The molecule has 0 spiro atoms. The third-order valence-electron chi connectivity index (χ3n) is 4.54. The van der Waals surface area contributed by atoms with Gasteiger partial charge in [-0.05, 0) is 43.2 Å². The molecule has 3 heterocycles. The van der Waals surface area contributed by atoms with Gasteiger partial charge in [-0.1, -0.05) is 12.1 Å². The second-order valence-corrected chi connectivity index (χ2v) is 6.12. The first-order valence-corrected chi connectivity index (χ1v) is 8.11. The first-order chi connectivity index (χ1) is 11.3. The van der Waals surface area contributed by atoms with E-state index in [2.05, 4.69) is 40.3 Å². The van der Waals surface area contributed by atoms with E-state index in [1.165, 1.54) is 5.56 Å². The van der Waals surface area contributed by atoms with Gasteiger partial charge in [0.05, 0.1) is 0 Å². The van der Waals surface area contributed by atoms with Gasteiger partial charge in [0.15, 0.2) is 11.5 Å². The number of rotatable bonds is 4. The van der Waals surface area contributed by atoms with Gasteiger partial charge in [-0.3, -0.25) is 0 Å². The number of aromatic nitrogens is 1. The molecule has 0 radical (unpaired) electrons. The summed E-state index contributed by atoms with van der Waals surface area (Å²) in [7, 11) is 0. The van der Waals surface area contributed by atoms with Crippen LogP contribution < -0.4 is 19.7 Å². The van der Waals surface area contributed by atoms with Crippen LogP contribution in [0.5, 0.6) is 11.5 Å². The summed E-state index contributed by atoms with van der Waals surface area (Å²) in [4.78, 5) is 6.78. The third kappa shape index (κ3) is 2.97. The van der Waals surface area contributed by atoms with Crippen molar-refractivity contribution in [2.24, 2.45) is 0 Å². The van der Waals surface area contributed by atoms with Crippen molar-refractivity contribution in [1.82, 2.24) is 10.3 Å². The minimum Gasteiger partial charge on any atom is -0.454 e. The molecule has 4 rings (SSSR count). The molecular weight excluding hydrogens is 290 g/mol. The second kappa shape index (κ2) is 6.08. The standard InChI is InChI=1S/C18H21N3O2/c1-13(14-5-6-16-17(10-14)23-12-22-16)20-15-7-9-21(11-15)18-4-2-3-8-19-18/h2-6,8,10,13,15,20H,7,9,11-12H2,1H3. The van der Waals surface area contributed by atoms with E-state index in [1.807, 2.05) is 24.4 Å². The number of fused-ring (bicyclic) bond motifs is 1. The molecule has 0 amide bonds. The van der Waals surface area contributed by atoms with E-state index in [0.717, 1.165) is 36.8 Å². The first kappa shape index (κ1) is 14.3. The van der Waals surface area contributed by atoms with Gasteiger partial charge in [0.1, 0.15) is 5.82 Å². The van der Waals surface area contributed by atoms with Crippen molar-refractivity contribution in [3.05, 3.63) is 48.2 Å². The SMILES string of the molecule is CC(NC1CCN(c2ccccn2)C1)c1ccc2c(c1)OCO2. The molecule has 0 aliphatic carbocycles. The van der Waals surface area contributed by atoms with Gasteiger partial charge in [0.2, 0.25) is 6.79 Å². The van der Waals surface area contributed by atoms with Crippen LogP contribution in [0, 0.1) is 0 Å². The lowest BCUT2D eigenvalue weighted by molar-refractivity contribution is 0.174. The van der Waals surface area contributed by atoms with Crippen molar-refractivity contribution in [1.29, 1.82) is 0 Å². The Bertz CT molecular complexity index is 677. The zero-order valence-electron chi connectivity index (χ0n) is 13.2. The topological polar surface area (TPSA) is 46.6 Å². The van der Waals surface area contributed by atoms with Crippen LogP contribution in [-0.4, -0.2) is 30.9 Å². The predicted molar refractivity (Wildman–Crippen MR) is 89.0 cm³/mol. The molecule has 2 atom stereocenters. The van der Waals surface area contributed by atoms with Crippen LogP contribution in [0.2, 0.25) is 0 Å². The first-order valence-electron chi connectivity index (χ1n) is 8.11. The third-order valence-corrected chi connectivity index (χ3v) is 4.54. The number of hydrogen-bond acceptors (Lipinski definition) is 5. The average molecular weight is 311 g/mol. The fraction of sp³-hybridized carbons (Fsp3) is 0.389. The number of nitrogens with zero attached hydrogens (tertiary/aromatic N) is 2. The van der Waals surface area contributed by atoms with Crippen molar-refractivity contribution < 1.29 is 9.47 Å². The van der Waals surface area contributed by atoms with Crippen LogP contribution in [0.15, 0.2) is 42.6 Å². The van der Waals surface area contributed by atoms with Gasteiger partial charge in [-0.2, -0.15) is 0 Å². The Morgan fingerprint density at radius 1 is 1.22 bits per heavy atom. The summed E-state index contributed by atoms with van der Waals surface area (Å²) in [6.45, 7) is 4.55. The molecule has 2 aromatic rings. The lowest BCUT2D eigenvalue weighted by Gasteiger charge is -2.21. The van der Waals surface area contributed by atoms with E-state index in [0.29, 0.717) is 12.8 Å². The summed E-state index contributed by atoms with van der Waals surface area (Å²) in [5.41, 5.74) is 1.23. The Balaban J connectivity index is 1.39. The molecule has 23 heavy (non-hydrogen) atoms. The average Bonchev–Trinajstić information content (AvgIpc) is 3.24. The van der Waals surface area contributed by atoms with Crippen LogP contribution in [0.1, 0.15) is 24.9 Å². The number of benzene rings is 1. The van der Waals surface area contributed by atoms with Gasteiger partial charge >= 0.3 is 0 Å². The summed E-state index contributed by atoms with van der Waals surface area (Å²) in [5.74, 6) is 2.74. The fourth-order valence-corrected chi connectivity index (χ4v) is 3.28. The van der Waals surface area contributed by atoms with Crippen LogP contribution in [0.4, 0.5) is 5.82 Å². The highest BCUT2D eigenvalue weighted by Gasteiger charge is 2.25. The van der Waals surface area contributed by atoms with Crippen molar-refractivity contribution in [2.75, 3.05) is 24.8 Å². The molecule has 1 saturated heterocycles. The fourth-order valence-electron chi connectivity index (χ4n) is 3.28. The van der Waals surface area contributed by atoms with E-state index in [4.69, 9.17) is 9.47 Å². The lowest BCUT2D eigenvalue weighted by Crippen LogP contribution is -2.34. The molecule has 2 aliphatic rings. The van der Waals surface area contributed by atoms with Gasteiger partial charge in [0, 0.05) is 31.4 Å². The van der Waals surface area contributed by atoms with Crippen molar-refractivity contribution in [3.63, 3.8) is 0 Å². The number of pyridine rings is 1. The summed E-state index contributed by atoms with van der Waals surface area (Å²) >= 11 is 0. The molecular formula is C18H21N3O2. The van der Waals surface area contributed by atoms with Crippen molar-refractivity contribution in [3.8, 4) is 11.5 Å². The molecule has 1 aromatic carbocycles. The maximum Gasteiger partial charge on any atom is 0.231 e.